The van der Waals surface area contributed by atoms with Gasteiger partial charge in [0.05, 0.1) is 16.6 Å². The highest BCUT2D eigenvalue weighted by Crippen LogP contribution is 2.37. The van der Waals surface area contributed by atoms with Gasteiger partial charge in [-0.05, 0) is 93.9 Å². The summed E-state index contributed by atoms with van der Waals surface area (Å²) in [5.41, 5.74) is 14.7. The monoisotopic (exact) mass is 714 g/mol. The zero-order valence-electron chi connectivity index (χ0n) is 30.9. The molecule has 1 aliphatic carbocycles. The Labute approximate surface area is 326 Å². The van der Waals surface area contributed by atoms with Crippen molar-refractivity contribution in [1.29, 1.82) is 0 Å². The molecule has 1 unspecified atom stereocenters. The summed E-state index contributed by atoms with van der Waals surface area (Å²) in [7, 11) is 0. The quantitative estimate of drug-likeness (QED) is 0.162. The molecular weight excluding hydrogens is 677 g/mol. The summed E-state index contributed by atoms with van der Waals surface area (Å²) in [6, 6.07) is 72.9. The van der Waals surface area contributed by atoms with Crippen LogP contribution >= 0.6 is 0 Å². The first kappa shape index (κ1) is 32.3. The van der Waals surface area contributed by atoms with Gasteiger partial charge in [0, 0.05) is 44.0 Å². The molecule has 11 rings (SSSR count). The molecule has 0 spiro atoms. The third-order valence-corrected chi connectivity index (χ3v) is 11.7. The van der Waals surface area contributed by atoms with Crippen molar-refractivity contribution in [2.45, 2.75) is 12.3 Å². The molecule has 1 atom stereocenters. The van der Waals surface area contributed by atoms with Gasteiger partial charge in [-0.25, -0.2) is 0 Å². The van der Waals surface area contributed by atoms with E-state index < -0.39 is 0 Å². The second kappa shape index (κ2) is 13.3. The molecule has 10 aromatic rings. The van der Waals surface area contributed by atoms with E-state index in [9.17, 15) is 0 Å². The summed E-state index contributed by atoms with van der Waals surface area (Å²) >= 11 is 0. The van der Waals surface area contributed by atoms with Crippen LogP contribution in [0.3, 0.4) is 0 Å². The number of rotatable bonds is 6. The van der Waals surface area contributed by atoms with Gasteiger partial charge in [-0.15, -0.1) is 0 Å². The summed E-state index contributed by atoms with van der Waals surface area (Å²) in [5.74, 6) is 0.274. The predicted molar refractivity (Wildman–Crippen MR) is 236 cm³/mol. The van der Waals surface area contributed by atoms with E-state index in [-0.39, 0.29) is 5.92 Å². The Kier molecular flexibility index (Phi) is 7.67. The van der Waals surface area contributed by atoms with Crippen LogP contribution in [-0.4, -0.2) is 9.13 Å². The molecular formula is C54H38N2. The lowest BCUT2D eigenvalue weighted by molar-refractivity contribution is 0.909. The summed E-state index contributed by atoms with van der Waals surface area (Å²) < 4.78 is 4.87. The van der Waals surface area contributed by atoms with Crippen LogP contribution in [0.1, 0.15) is 17.9 Å². The topological polar surface area (TPSA) is 9.86 Å². The number of para-hydroxylation sites is 2. The van der Waals surface area contributed by atoms with Crippen LogP contribution in [-0.2, 0) is 0 Å². The number of nitrogens with zero attached hydrogens (tertiary/aromatic N) is 2. The van der Waals surface area contributed by atoms with Crippen molar-refractivity contribution in [3.8, 4) is 44.8 Å². The van der Waals surface area contributed by atoms with E-state index in [0.29, 0.717) is 0 Å². The highest BCUT2D eigenvalue weighted by molar-refractivity contribution is 6.09. The fourth-order valence-electron chi connectivity index (χ4n) is 8.92. The lowest BCUT2D eigenvalue weighted by Crippen LogP contribution is -2.31. The molecule has 0 radical (unpaired) electrons. The van der Waals surface area contributed by atoms with Gasteiger partial charge in [0.1, 0.15) is 0 Å². The average molecular weight is 715 g/mol. The van der Waals surface area contributed by atoms with Crippen molar-refractivity contribution in [3.05, 3.63) is 216 Å². The Morgan fingerprint density at radius 3 is 1.59 bits per heavy atom. The van der Waals surface area contributed by atoms with E-state index in [2.05, 4.69) is 221 Å². The van der Waals surface area contributed by atoms with Crippen molar-refractivity contribution in [2.24, 2.45) is 0 Å². The van der Waals surface area contributed by atoms with Crippen molar-refractivity contribution < 1.29 is 0 Å². The van der Waals surface area contributed by atoms with Gasteiger partial charge in [-0.1, -0.05) is 164 Å². The molecule has 2 heterocycles. The molecule has 0 N–H and O–H groups in total. The number of benzene rings is 8. The van der Waals surface area contributed by atoms with Gasteiger partial charge in [0.15, 0.2) is 0 Å². The van der Waals surface area contributed by atoms with E-state index in [4.69, 9.17) is 0 Å². The lowest BCUT2D eigenvalue weighted by Gasteiger charge is -2.16. The summed E-state index contributed by atoms with van der Waals surface area (Å²) in [6.45, 7) is 0. The molecule has 0 bridgehead atoms. The minimum absolute atomic E-state index is 0.274. The number of fused-ring (bicyclic) bond motifs is 6. The molecule has 1 aliphatic rings. The minimum atomic E-state index is 0.274. The third-order valence-electron chi connectivity index (χ3n) is 11.7. The van der Waals surface area contributed by atoms with Crippen LogP contribution in [0.2, 0.25) is 0 Å². The van der Waals surface area contributed by atoms with Gasteiger partial charge >= 0.3 is 0 Å². The number of hydrogen-bond acceptors (Lipinski definition) is 0. The molecule has 2 nitrogen and oxygen atoms in total. The van der Waals surface area contributed by atoms with Crippen LogP contribution in [0.25, 0.3) is 89.6 Å². The van der Waals surface area contributed by atoms with Gasteiger partial charge in [-0.3, -0.25) is 0 Å². The van der Waals surface area contributed by atoms with Crippen LogP contribution < -0.4 is 10.6 Å². The van der Waals surface area contributed by atoms with Crippen molar-refractivity contribution in [2.75, 3.05) is 0 Å². The van der Waals surface area contributed by atoms with Crippen LogP contribution in [0.5, 0.6) is 0 Å². The van der Waals surface area contributed by atoms with Crippen LogP contribution in [0.4, 0.5) is 0 Å². The second-order valence-electron chi connectivity index (χ2n) is 14.9. The molecule has 8 aromatic carbocycles. The van der Waals surface area contributed by atoms with Crippen LogP contribution in [0.15, 0.2) is 200 Å². The Balaban J connectivity index is 0.976. The maximum Gasteiger partial charge on any atom is 0.0541 e. The molecule has 0 aliphatic heterocycles. The van der Waals surface area contributed by atoms with E-state index in [1.165, 1.54) is 93.6 Å². The third kappa shape index (κ3) is 5.41. The van der Waals surface area contributed by atoms with Gasteiger partial charge < -0.3 is 9.13 Å². The van der Waals surface area contributed by atoms with E-state index in [1.54, 1.807) is 0 Å². The van der Waals surface area contributed by atoms with Gasteiger partial charge in [0.2, 0.25) is 0 Å². The first-order chi connectivity index (χ1) is 27.8. The highest BCUT2D eigenvalue weighted by Gasteiger charge is 2.19. The average Bonchev–Trinajstić information content (AvgIpc) is 3.79. The highest BCUT2D eigenvalue weighted by atomic mass is 15.0. The number of aromatic nitrogens is 2. The molecule has 56 heavy (non-hydrogen) atoms. The van der Waals surface area contributed by atoms with Crippen LogP contribution in [0, 0.1) is 0 Å². The lowest BCUT2D eigenvalue weighted by atomic mass is 9.90. The molecule has 0 fully saturated rings. The molecule has 0 saturated carbocycles. The smallest absolute Gasteiger partial charge is 0.0541 e. The normalized spacial score (nSPS) is 13.8. The Morgan fingerprint density at radius 2 is 0.893 bits per heavy atom. The van der Waals surface area contributed by atoms with Crippen molar-refractivity contribution >= 4 is 44.9 Å². The molecule has 264 valence electrons. The Morgan fingerprint density at radius 1 is 0.357 bits per heavy atom. The number of hydrogen-bond donors (Lipinski definition) is 0. The van der Waals surface area contributed by atoms with E-state index >= 15 is 0 Å². The zero-order chi connectivity index (χ0) is 37.0. The first-order valence-corrected chi connectivity index (χ1v) is 19.5. The standard InChI is InChI=1S/C54H38N2/c1-3-12-37(13-4-1)39-22-24-41(25-23-39)42-16-11-17-46(34-42)56-52-21-10-8-19-48(52)50-36-44(29-33-54(50)56)43-28-32-53-49(35-43)47-18-7-9-20-51(47)55(53)45-30-26-40(27-31-45)38-14-5-2-6-15-38/h1-27,29-36,43H,28H2. The first-order valence-electron chi connectivity index (χ1n) is 19.5. The summed E-state index contributed by atoms with van der Waals surface area (Å²) in [5, 5.41) is 6.46. The van der Waals surface area contributed by atoms with E-state index in [0.717, 1.165) is 6.42 Å². The van der Waals surface area contributed by atoms with Crippen molar-refractivity contribution in [3.63, 3.8) is 0 Å². The Hall–Kier alpha value is -7.16. The molecule has 0 saturated heterocycles. The largest absolute Gasteiger partial charge is 0.310 e. The summed E-state index contributed by atoms with van der Waals surface area (Å²) in [4.78, 5) is 0. The SMILES string of the molecule is C1=c2c(n(-c3ccc(-c4ccccc4)cc3)c3ccccc23)=CCC1c1ccc2c(c1)c1ccccc1n2-c1cccc(-c2ccc(-c3ccccc3)cc2)c1. The summed E-state index contributed by atoms with van der Waals surface area (Å²) in [6.07, 6.45) is 5.91. The molecule has 2 aromatic heterocycles. The predicted octanol–water partition coefficient (Wildman–Crippen LogP) is 12.5. The van der Waals surface area contributed by atoms with Gasteiger partial charge in [-0.2, -0.15) is 0 Å². The van der Waals surface area contributed by atoms with Gasteiger partial charge in [0.25, 0.3) is 0 Å². The maximum absolute atomic E-state index is 2.51. The second-order valence-corrected chi connectivity index (χ2v) is 14.9. The molecule has 2 heteroatoms. The van der Waals surface area contributed by atoms with E-state index in [1.807, 2.05) is 0 Å². The fraction of sp³-hybridized carbons (Fsp3) is 0.0370. The van der Waals surface area contributed by atoms with Crippen molar-refractivity contribution in [1.82, 2.24) is 9.13 Å². The minimum Gasteiger partial charge on any atom is -0.310 e. The fourth-order valence-corrected chi connectivity index (χ4v) is 8.92. The maximum atomic E-state index is 2.51. The zero-order valence-corrected chi connectivity index (χ0v) is 30.9. The Bertz CT molecular complexity index is 3180. The molecule has 0 amide bonds.